The van der Waals surface area contributed by atoms with Crippen LogP contribution in [0.15, 0.2) is 22.8 Å². The molecule has 0 atom stereocenters. The van der Waals surface area contributed by atoms with Crippen LogP contribution in [0.2, 0.25) is 0 Å². The quantitative estimate of drug-likeness (QED) is 0.744. The lowest BCUT2D eigenvalue weighted by Crippen LogP contribution is -2.26. The number of rotatable bonds is 3. The van der Waals surface area contributed by atoms with Crippen molar-refractivity contribution in [3.05, 3.63) is 35.4 Å². The highest BCUT2D eigenvalue weighted by atomic mass is 16.3. The van der Waals surface area contributed by atoms with Gasteiger partial charge in [-0.2, -0.15) is 4.98 Å². The minimum absolute atomic E-state index is 0.317. The largest absolute Gasteiger partial charge is 0.467 e. The molecule has 2 aromatic heterocycles. The summed E-state index contributed by atoms with van der Waals surface area (Å²) in [6.07, 6.45) is 2.54. The molecule has 94 valence electrons. The molecular formula is C12H15N5O. The number of hydrogen-bond acceptors (Lipinski definition) is 6. The number of hydrogen-bond donors (Lipinski definition) is 3. The van der Waals surface area contributed by atoms with E-state index >= 15 is 0 Å². The van der Waals surface area contributed by atoms with Crippen molar-refractivity contribution in [2.24, 2.45) is 0 Å². The van der Waals surface area contributed by atoms with Crippen LogP contribution in [0.4, 0.5) is 11.8 Å². The fourth-order valence-electron chi connectivity index (χ4n) is 2.09. The van der Waals surface area contributed by atoms with E-state index in [2.05, 4.69) is 20.6 Å². The van der Waals surface area contributed by atoms with Gasteiger partial charge in [0.25, 0.3) is 0 Å². The summed E-state index contributed by atoms with van der Waals surface area (Å²) in [4.78, 5) is 8.54. The highest BCUT2D eigenvalue weighted by Gasteiger charge is 2.16. The second-order valence-corrected chi connectivity index (χ2v) is 4.22. The molecule has 18 heavy (non-hydrogen) atoms. The molecule has 3 rings (SSSR count). The van der Waals surface area contributed by atoms with Crippen molar-refractivity contribution >= 4 is 11.8 Å². The third-order valence-electron chi connectivity index (χ3n) is 2.96. The predicted molar refractivity (Wildman–Crippen MR) is 67.9 cm³/mol. The predicted octanol–water partition coefficient (Wildman–Crippen LogP) is 0.910. The number of nitrogens with one attached hydrogen (secondary N) is 2. The van der Waals surface area contributed by atoms with Crippen LogP contribution in [0.1, 0.15) is 17.0 Å². The Hall–Kier alpha value is -2.08. The first kappa shape index (κ1) is 11.0. The molecule has 0 radical (unpaired) electrons. The maximum atomic E-state index is 5.73. The van der Waals surface area contributed by atoms with Crippen molar-refractivity contribution in [2.75, 3.05) is 17.6 Å². The molecule has 0 unspecified atom stereocenters. The molecule has 4 N–H and O–H groups in total. The number of nitrogen functional groups attached to an aromatic ring is 1. The Bertz CT molecular complexity index is 538. The number of nitrogens with zero attached hydrogens (tertiary/aromatic N) is 2. The van der Waals surface area contributed by atoms with E-state index in [0.717, 1.165) is 42.3 Å². The van der Waals surface area contributed by atoms with Crippen LogP contribution in [-0.4, -0.2) is 16.5 Å². The highest BCUT2D eigenvalue weighted by molar-refractivity contribution is 5.50. The summed E-state index contributed by atoms with van der Waals surface area (Å²) in [7, 11) is 0. The molecule has 2 aromatic rings. The minimum Gasteiger partial charge on any atom is -0.467 e. The molecule has 1 aliphatic heterocycles. The zero-order valence-electron chi connectivity index (χ0n) is 9.94. The molecule has 0 saturated heterocycles. The fraction of sp³-hybridized carbons (Fsp3) is 0.333. The number of fused-ring (bicyclic) bond motifs is 1. The van der Waals surface area contributed by atoms with Crippen molar-refractivity contribution in [2.45, 2.75) is 19.5 Å². The van der Waals surface area contributed by atoms with Gasteiger partial charge in [0.2, 0.25) is 5.95 Å². The molecule has 0 spiro atoms. The molecule has 0 saturated carbocycles. The van der Waals surface area contributed by atoms with Gasteiger partial charge in [0.05, 0.1) is 18.5 Å². The van der Waals surface area contributed by atoms with Crippen LogP contribution >= 0.6 is 0 Å². The van der Waals surface area contributed by atoms with Crippen LogP contribution in [0.5, 0.6) is 0 Å². The Morgan fingerprint density at radius 3 is 3.22 bits per heavy atom. The normalized spacial score (nSPS) is 14.2. The first-order valence-corrected chi connectivity index (χ1v) is 5.95. The summed E-state index contributed by atoms with van der Waals surface area (Å²) in [6.45, 7) is 2.30. The number of furan rings is 1. The highest BCUT2D eigenvalue weighted by Crippen LogP contribution is 2.21. The topological polar surface area (TPSA) is 89.0 Å². The molecule has 0 bridgehead atoms. The van der Waals surface area contributed by atoms with E-state index in [1.165, 1.54) is 0 Å². The Morgan fingerprint density at radius 1 is 1.44 bits per heavy atom. The maximum absolute atomic E-state index is 5.73. The van der Waals surface area contributed by atoms with E-state index in [0.29, 0.717) is 12.5 Å². The lowest BCUT2D eigenvalue weighted by atomic mass is 10.1. The fourth-order valence-corrected chi connectivity index (χ4v) is 2.09. The van der Waals surface area contributed by atoms with Gasteiger partial charge in [0.1, 0.15) is 11.6 Å². The molecule has 6 heteroatoms. The van der Waals surface area contributed by atoms with Gasteiger partial charge in [0.15, 0.2) is 0 Å². The van der Waals surface area contributed by atoms with Gasteiger partial charge in [-0.15, -0.1) is 0 Å². The van der Waals surface area contributed by atoms with Gasteiger partial charge in [0, 0.05) is 25.1 Å². The van der Waals surface area contributed by atoms with Crippen molar-refractivity contribution in [1.82, 2.24) is 15.3 Å². The van der Waals surface area contributed by atoms with Gasteiger partial charge in [-0.3, -0.25) is 0 Å². The van der Waals surface area contributed by atoms with E-state index in [9.17, 15) is 0 Å². The second-order valence-electron chi connectivity index (χ2n) is 4.22. The number of nitrogens with two attached hydrogens (primary N) is 1. The average molecular weight is 245 g/mol. The van der Waals surface area contributed by atoms with Gasteiger partial charge in [-0.1, -0.05) is 0 Å². The van der Waals surface area contributed by atoms with Crippen molar-refractivity contribution in [3.63, 3.8) is 0 Å². The first-order chi connectivity index (χ1) is 8.83. The first-order valence-electron chi connectivity index (χ1n) is 5.95. The van der Waals surface area contributed by atoms with Crippen LogP contribution in [0, 0.1) is 0 Å². The molecule has 0 fully saturated rings. The molecular weight excluding hydrogens is 230 g/mol. The zero-order chi connectivity index (χ0) is 12.4. The van der Waals surface area contributed by atoms with Gasteiger partial charge >= 0.3 is 0 Å². The van der Waals surface area contributed by atoms with Crippen LogP contribution in [-0.2, 0) is 19.5 Å². The van der Waals surface area contributed by atoms with Crippen LogP contribution in [0.3, 0.4) is 0 Å². The van der Waals surface area contributed by atoms with E-state index in [1.807, 2.05) is 12.1 Å². The molecule has 6 nitrogen and oxygen atoms in total. The standard InChI is InChI=1S/C12H15N5O/c13-12-16-10-3-4-14-7-9(10)11(17-12)15-6-8-2-1-5-18-8/h1-2,5,14H,3-4,6-7H2,(H3,13,15,16,17). The van der Waals surface area contributed by atoms with Gasteiger partial charge in [-0.05, 0) is 12.1 Å². The summed E-state index contributed by atoms with van der Waals surface area (Å²) in [5.74, 6) is 1.98. The SMILES string of the molecule is Nc1nc2c(c(NCc3ccco3)n1)CNCC2. The second kappa shape index (κ2) is 4.66. The molecule has 0 aliphatic carbocycles. The summed E-state index contributed by atoms with van der Waals surface area (Å²) in [6, 6.07) is 3.78. The lowest BCUT2D eigenvalue weighted by Gasteiger charge is -2.19. The Balaban J connectivity index is 1.84. The Kier molecular flexibility index (Phi) is 2.85. The minimum atomic E-state index is 0.317. The van der Waals surface area contributed by atoms with Crippen molar-refractivity contribution in [3.8, 4) is 0 Å². The summed E-state index contributed by atoms with van der Waals surface area (Å²) in [5.41, 5.74) is 7.86. The van der Waals surface area contributed by atoms with E-state index in [4.69, 9.17) is 10.2 Å². The summed E-state index contributed by atoms with van der Waals surface area (Å²) in [5, 5.41) is 6.56. The number of anilines is 2. The van der Waals surface area contributed by atoms with Crippen molar-refractivity contribution < 1.29 is 4.42 Å². The maximum Gasteiger partial charge on any atom is 0.222 e. The molecule has 3 heterocycles. The zero-order valence-corrected chi connectivity index (χ0v) is 9.94. The third-order valence-corrected chi connectivity index (χ3v) is 2.96. The third kappa shape index (κ3) is 2.14. The monoisotopic (exact) mass is 245 g/mol. The van der Waals surface area contributed by atoms with Crippen molar-refractivity contribution in [1.29, 1.82) is 0 Å². The Morgan fingerprint density at radius 2 is 2.39 bits per heavy atom. The summed E-state index contributed by atoms with van der Waals surface area (Å²) < 4.78 is 5.28. The smallest absolute Gasteiger partial charge is 0.222 e. The Labute approximate surface area is 105 Å². The van der Waals surface area contributed by atoms with E-state index in [-0.39, 0.29) is 0 Å². The van der Waals surface area contributed by atoms with Gasteiger partial charge < -0.3 is 20.8 Å². The summed E-state index contributed by atoms with van der Waals surface area (Å²) >= 11 is 0. The van der Waals surface area contributed by atoms with E-state index < -0.39 is 0 Å². The lowest BCUT2D eigenvalue weighted by molar-refractivity contribution is 0.517. The average Bonchev–Trinajstić information content (AvgIpc) is 2.89. The van der Waals surface area contributed by atoms with Crippen LogP contribution in [0.25, 0.3) is 0 Å². The molecule has 0 aromatic carbocycles. The van der Waals surface area contributed by atoms with Gasteiger partial charge in [-0.25, -0.2) is 4.98 Å². The molecule has 1 aliphatic rings. The van der Waals surface area contributed by atoms with E-state index in [1.54, 1.807) is 6.26 Å². The van der Waals surface area contributed by atoms with Crippen LogP contribution < -0.4 is 16.4 Å². The number of aromatic nitrogens is 2. The molecule has 0 amide bonds.